The Morgan fingerprint density at radius 2 is 1.71 bits per heavy atom. The Morgan fingerprint density at radius 3 is 2.41 bits per heavy atom. The number of aromatic nitrogens is 4. The van der Waals surface area contributed by atoms with Gasteiger partial charge < -0.3 is 4.90 Å². The van der Waals surface area contributed by atoms with E-state index < -0.39 is 5.91 Å². The fourth-order valence-corrected chi connectivity index (χ4v) is 6.69. The molecule has 0 atom stereocenters. The van der Waals surface area contributed by atoms with E-state index in [0.29, 0.717) is 34.3 Å². The van der Waals surface area contributed by atoms with Crippen LogP contribution in [0.1, 0.15) is 36.6 Å². The molecule has 9 nitrogen and oxygen atoms in total. The summed E-state index contributed by atoms with van der Waals surface area (Å²) in [5.74, 6) is 0.737. The summed E-state index contributed by atoms with van der Waals surface area (Å²) in [5.41, 5.74) is 2.71. The summed E-state index contributed by atoms with van der Waals surface area (Å²) in [5, 5.41) is 0. The van der Waals surface area contributed by atoms with E-state index in [2.05, 4.69) is 11.8 Å². The summed E-state index contributed by atoms with van der Waals surface area (Å²) >= 11 is 6.73. The number of aryl methyl sites for hydroxylation is 1. The lowest BCUT2D eigenvalue weighted by Gasteiger charge is -2.32. The van der Waals surface area contributed by atoms with Gasteiger partial charge in [-0.25, -0.2) is 9.67 Å². The van der Waals surface area contributed by atoms with Gasteiger partial charge in [0.05, 0.1) is 21.8 Å². The first-order chi connectivity index (χ1) is 19.7. The molecule has 2 aliphatic heterocycles. The van der Waals surface area contributed by atoms with Crippen LogP contribution in [-0.4, -0.2) is 42.1 Å². The molecular weight excluding hydrogens is 557 g/mol. The van der Waals surface area contributed by atoms with Crippen molar-refractivity contribution in [2.24, 2.45) is 13.0 Å². The Labute approximate surface area is 246 Å². The number of para-hydroxylation sites is 1. The van der Waals surface area contributed by atoms with Crippen molar-refractivity contribution in [1.29, 1.82) is 0 Å². The zero-order valence-electron chi connectivity index (χ0n) is 23.3. The van der Waals surface area contributed by atoms with Gasteiger partial charge in [0.25, 0.3) is 17.0 Å². The Hall–Kier alpha value is -3.96. The molecule has 11 heteroatoms. The number of piperidine rings is 1. The van der Waals surface area contributed by atoms with E-state index in [1.807, 2.05) is 49.4 Å². The Kier molecular flexibility index (Phi) is 6.95. The molecule has 6 rings (SSSR count). The topological polar surface area (TPSA) is 84.8 Å². The number of carbonyl (C=O) groups excluding carboxylic acids is 1. The smallest absolute Gasteiger partial charge is 0.296 e. The second-order valence-electron chi connectivity index (χ2n) is 10.7. The molecule has 0 aliphatic carbocycles. The highest BCUT2D eigenvalue weighted by molar-refractivity contribution is 8.27. The third-order valence-electron chi connectivity index (χ3n) is 7.89. The van der Waals surface area contributed by atoms with E-state index >= 15 is 0 Å². The third kappa shape index (κ3) is 4.62. The van der Waals surface area contributed by atoms with Crippen LogP contribution in [0.25, 0.3) is 17.4 Å². The van der Waals surface area contributed by atoms with Crippen molar-refractivity contribution in [1.82, 2.24) is 18.7 Å². The van der Waals surface area contributed by atoms with Crippen LogP contribution in [0.2, 0.25) is 0 Å². The first-order valence-electron chi connectivity index (χ1n) is 13.6. The van der Waals surface area contributed by atoms with Gasteiger partial charge in [-0.1, -0.05) is 55.2 Å². The standard InChI is InChI=1S/C30H30N6O3S2/c1-18-12-14-33(15-13-18)26-22(27(37)34-17-19(2)10-11-24(34)31-26)16-23-28(38)35(30(40)41-23)25-20(3)32(4)36(29(25)39)21-8-6-5-7-9-21/h5-11,16-18H,12-15H2,1-4H3/b23-16+. The molecule has 2 saturated heterocycles. The maximum atomic E-state index is 13.9. The van der Waals surface area contributed by atoms with Gasteiger partial charge in [-0.05, 0) is 62.4 Å². The first kappa shape index (κ1) is 27.2. The highest BCUT2D eigenvalue weighted by Crippen LogP contribution is 2.37. The number of hydrogen-bond acceptors (Lipinski definition) is 7. The van der Waals surface area contributed by atoms with E-state index in [1.165, 1.54) is 14.0 Å². The number of benzene rings is 1. The van der Waals surface area contributed by atoms with Gasteiger partial charge in [0.2, 0.25) is 0 Å². The Balaban J connectivity index is 1.47. The number of pyridine rings is 1. The zero-order chi connectivity index (χ0) is 29.0. The molecule has 1 amide bonds. The quantitative estimate of drug-likeness (QED) is 0.258. The third-order valence-corrected chi connectivity index (χ3v) is 9.19. The average Bonchev–Trinajstić information content (AvgIpc) is 3.35. The van der Waals surface area contributed by atoms with Crippen LogP contribution in [0.15, 0.2) is 63.2 Å². The highest BCUT2D eigenvalue weighted by Gasteiger charge is 2.38. The minimum Gasteiger partial charge on any atom is -0.356 e. The number of nitrogens with zero attached hydrogens (tertiary/aromatic N) is 6. The molecule has 0 spiro atoms. The van der Waals surface area contributed by atoms with E-state index in [9.17, 15) is 14.4 Å². The molecule has 210 valence electrons. The number of thioether (sulfide) groups is 1. The molecule has 5 heterocycles. The van der Waals surface area contributed by atoms with Gasteiger partial charge in [0, 0.05) is 26.3 Å². The fourth-order valence-electron chi connectivity index (χ4n) is 5.44. The molecule has 0 N–H and O–H groups in total. The zero-order valence-corrected chi connectivity index (χ0v) is 25.0. The van der Waals surface area contributed by atoms with Crippen LogP contribution in [0, 0.1) is 19.8 Å². The SMILES string of the molecule is Cc1ccc2nc(N3CCC(C)CC3)c(/C=C3/SC(=S)N(c4c(C)n(C)n(-c5ccccc5)c4=O)C3=O)c(=O)n2c1. The van der Waals surface area contributed by atoms with Crippen LogP contribution in [0.5, 0.6) is 0 Å². The molecule has 4 aromatic rings. The first-order valence-corrected chi connectivity index (χ1v) is 14.8. The monoisotopic (exact) mass is 586 g/mol. The number of anilines is 2. The average molecular weight is 587 g/mol. The van der Waals surface area contributed by atoms with E-state index in [4.69, 9.17) is 17.2 Å². The number of rotatable bonds is 4. The van der Waals surface area contributed by atoms with Gasteiger partial charge in [-0.3, -0.25) is 28.4 Å². The van der Waals surface area contributed by atoms with E-state index in [0.717, 1.165) is 43.3 Å². The van der Waals surface area contributed by atoms with E-state index in [-0.39, 0.29) is 26.0 Å². The summed E-state index contributed by atoms with van der Waals surface area (Å²) in [7, 11) is 1.77. The van der Waals surface area contributed by atoms with E-state index in [1.54, 1.807) is 30.9 Å². The second-order valence-corrected chi connectivity index (χ2v) is 12.4. The predicted octanol–water partition coefficient (Wildman–Crippen LogP) is 4.44. The second kappa shape index (κ2) is 10.5. The molecule has 2 aliphatic rings. The molecule has 41 heavy (non-hydrogen) atoms. The van der Waals surface area contributed by atoms with Crippen LogP contribution in [-0.2, 0) is 11.8 Å². The molecule has 0 unspecified atom stereocenters. The predicted molar refractivity (Wildman–Crippen MR) is 168 cm³/mol. The fraction of sp³-hybridized carbons (Fsp3) is 0.300. The van der Waals surface area contributed by atoms with Crippen LogP contribution in [0.3, 0.4) is 0 Å². The van der Waals surface area contributed by atoms with Crippen molar-refractivity contribution in [3.8, 4) is 5.69 Å². The molecule has 3 aromatic heterocycles. The molecule has 0 saturated carbocycles. The number of thiocarbonyl (C=S) groups is 1. The lowest BCUT2D eigenvalue weighted by atomic mass is 9.99. The Morgan fingerprint density at radius 1 is 1.00 bits per heavy atom. The number of hydrogen-bond donors (Lipinski definition) is 0. The lowest BCUT2D eigenvalue weighted by molar-refractivity contribution is -0.113. The van der Waals surface area contributed by atoms with Crippen LogP contribution >= 0.6 is 24.0 Å². The summed E-state index contributed by atoms with van der Waals surface area (Å²) < 4.78 is 5.00. The lowest BCUT2D eigenvalue weighted by Crippen LogP contribution is -2.36. The Bertz CT molecular complexity index is 1860. The molecule has 2 fully saturated rings. The van der Waals surface area contributed by atoms with Gasteiger partial charge in [-0.2, -0.15) is 0 Å². The van der Waals surface area contributed by atoms with Gasteiger partial charge in [0.1, 0.15) is 17.2 Å². The van der Waals surface area contributed by atoms with Crippen LogP contribution in [0.4, 0.5) is 11.5 Å². The summed E-state index contributed by atoms with van der Waals surface area (Å²) in [6.07, 6.45) is 5.36. The number of carbonyl (C=O) groups is 1. The molecule has 0 radical (unpaired) electrons. The van der Waals surface area contributed by atoms with Crippen molar-refractivity contribution in [2.45, 2.75) is 33.6 Å². The van der Waals surface area contributed by atoms with Crippen molar-refractivity contribution >= 4 is 57.4 Å². The summed E-state index contributed by atoms with van der Waals surface area (Å²) in [6.45, 7) is 7.49. The molecular formula is C30H30N6O3S2. The maximum Gasteiger partial charge on any atom is 0.296 e. The van der Waals surface area contributed by atoms with Gasteiger partial charge in [-0.15, -0.1) is 0 Å². The number of amides is 1. The highest BCUT2D eigenvalue weighted by atomic mass is 32.2. The normalized spacial score (nSPS) is 17.4. The molecule has 1 aromatic carbocycles. The van der Waals surface area contributed by atoms with Crippen molar-refractivity contribution in [3.63, 3.8) is 0 Å². The van der Waals surface area contributed by atoms with Crippen LogP contribution < -0.4 is 20.9 Å². The van der Waals surface area contributed by atoms with Gasteiger partial charge in [0.15, 0.2) is 4.32 Å². The number of fused-ring (bicyclic) bond motifs is 1. The summed E-state index contributed by atoms with van der Waals surface area (Å²) in [4.78, 5) is 50.0. The van der Waals surface area contributed by atoms with Gasteiger partial charge >= 0.3 is 0 Å². The minimum absolute atomic E-state index is 0.205. The largest absolute Gasteiger partial charge is 0.356 e. The van der Waals surface area contributed by atoms with Crippen molar-refractivity contribution in [3.05, 3.63) is 91.1 Å². The molecule has 0 bridgehead atoms. The van der Waals surface area contributed by atoms with Crippen molar-refractivity contribution in [2.75, 3.05) is 22.9 Å². The maximum absolute atomic E-state index is 13.9. The van der Waals surface area contributed by atoms with Crippen molar-refractivity contribution < 1.29 is 4.79 Å². The summed E-state index contributed by atoms with van der Waals surface area (Å²) in [6, 6.07) is 13.0. The minimum atomic E-state index is -0.432.